The van der Waals surface area contributed by atoms with Gasteiger partial charge < -0.3 is 15.0 Å². The van der Waals surface area contributed by atoms with Gasteiger partial charge in [0, 0.05) is 39.3 Å². The molecule has 0 spiro atoms. The molecule has 1 amide bonds. The van der Waals surface area contributed by atoms with E-state index in [9.17, 15) is 4.79 Å². The number of methoxy groups -OCH3 is 1. The van der Waals surface area contributed by atoms with Crippen LogP contribution in [0, 0.1) is 0 Å². The predicted octanol–water partition coefficient (Wildman–Crippen LogP) is -0.0809. The molecule has 18 heavy (non-hydrogen) atoms. The van der Waals surface area contributed by atoms with Gasteiger partial charge in [0.2, 0.25) is 5.91 Å². The van der Waals surface area contributed by atoms with Gasteiger partial charge in [-0.15, -0.1) is 0 Å². The van der Waals surface area contributed by atoms with Crippen LogP contribution in [0.15, 0.2) is 0 Å². The maximum Gasteiger partial charge on any atom is 0.236 e. The van der Waals surface area contributed by atoms with Crippen molar-refractivity contribution in [1.82, 2.24) is 15.1 Å². The molecule has 0 radical (unpaired) electrons. The number of nitrogens with zero attached hydrogens (tertiary/aromatic N) is 2. The van der Waals surface area contributed by atoms with E-state index in [1.807, 2.05) is 4.90 Å². The molecule has 0 aliphatic carbocycles. The van der Waals surface area contributed by atoms with E-state index in [4.69, 9.17) is 4.74 Å². The first-order valence-corrected chi connectivity index (χ1v) is 7.02. The molecule has 1 atom stereocenters. The zero-order chi connectivity index (χ0) is 12.8. The van der Waals surface area contributed by atoms with Gasteiger partial charge in [0.1, 0.15) is 0 Å². The Kier molecular flexibility index (Phi) is 5.41. The van der Waals surface area contributed by atoms with Crippen LogP contribution in [0.2, 0.25) is 0 Å². The number of likely N-dealkylation sites (tertiary alicyclic amines) is 1. The van der Waals surface area contributed by atoms with Crippen LogP contribution in [0.25, 0.3) is 0 Å². The summed E-state index contributed by atoms with van der Waals surface area (Å²) in [5.41, 5.74) is 0. The van der Waals surface area contributed by atoms with E-state index in [0.29, 0.717) is 19.2 Å². The predicted molar refractivity (Wildman–Crippen MR) is 70.5 cm³/mol. The monoisotopic (exact) mass is 255 g/mol. The van der Waals surface area contributed by atoms with Crippen molar-refractivity contribution in [3.05, 3.63) is 0 Å². The number of nitrogens with one attached hydrogen (secondary N) is 1. The van der Waals surface area contributed by atoms with Crippen molar-refractivity contribution in [2.45, 2.75) is 25.3 Å². The lowest BCUT2D eigenvalue weighted by molar-refractivity contribution is -0.136. The number of carbonyl (C=O) groups excluding carboxylic acids is 1. The number of amides is 1. The van der Waals surface area contributed by atoms with Crippen LogP contribution in [-0.4, -0.2) is 74.7 Å². The average molecular weight is 255 g/mol. The highest BCUT2D eigenvalue weighted by atomic mass is 16.5. The molecule has 2 rings (SSSR count). The van der Waals surface area contributed by atoms with Crippen LogP contribution in [0.4, 0.5) is 0 Å². The quantitative estimate of drug-likeness (QED) is 0.691. The summed E-state index contributed by atoms with van der Waals surface area (Å²) in [6.45, 7) is 6.04. The summed E-state index contributed by atoms with van der Waals surface area (Å²) in [6.07, 6.45) is 3.64. The minimum Gasteiger partial charge on any atom is -0.383 e. The van der Waals surface area contributed by atoms with Gasteiger partial charge in [0.25, 0.3) is 0 Å². The summed E-state index contributed by atoms with van der Waals surface area (Å²) >= 11 is 0. The van der Waals surface area contributed by atoms with Crippen molar-refractivity contribution in [2.24, 2.45) is 0 Å². The second kappa shape index (κ2) is 7.07. The van der Waals surface area contributed by atoms with Crippen molar-refractivity contribution in [3.8, 4) is 0 Å². The van der Waals surface area contributed by atoms with E-state index in [-0.39, 0.29) is 5.91 Å². The summed E-state index contributed by atoms with van der Waals surface area (Å²) in [5.74, 6) is 0.273. The van der Waals surface area contributed by atoms with E-state index >= 15 is 0 Å². The molecule has 2 aliphatic rings. The molecule has 1 unspecified atom stereocenters. The van der Waals surface area contributed by atoms with Gasteiger partial charge in [0.05, 0.1) is 13.2 Å². The van der Waals surface area contributed by atoms with Crippen LogP contribution >= 0.6 is 0 Å². The zero-order valence-electron chi connectivity index (χ0n) is 11.4. The van der Waals surface area contributed by atoms with Gasteiger partial charge in [-0.3, -0.25) is 9.69 Å². The van der Waals surface area contributed by atoms with E-state index in [1.165, 1.54) is 12.8 Å². The maximum absolute atomic E-state index is 12.0. The fraction of sp³-hybridized carbons (Fsp3) is 0.923. The van der Waals surface area contributed by atoms with E-state index < -0.39 is 0 Å². The van der Waals surface area contributed by atoms with Crippen LogP contribution in [0.1, 0.15) is 19.3 Å². The molecular weight excluding hydrogens is 230 g/mol. The van der Waals surface area contributed by atoms with Crippen LogP contribution in [0.5, 0.6) is 0 Å². The SMILES string of the molecule is COCCN(CC(=O)N1CCC1)CC1CCCN1. The zero-order valence-corrected chi connectivity index (χ0v) is 11.4. The molecular formula is C13H25N3O2. The summed E-state index contributed by atoms with van der Waals surface area (Å²) in [4.78, 5) is 16.2. The minimum atomic E-state index is 0.273. The maximum atomic E-state index is 12.0. The van der Waals surface area contributed by atoms with Crippen LogP contribution < -0.4 is 5.32 Å². The minimum absolute atomic E-state index is 0.273. The van der Waals surface area contributed by atoms with Gasteiger partial charge in [-0.25, -0.2) is 0 Å². The Hall–Kier alpha value is -0.650. The average Bonchev–Trinajstić information content (AvgIpc) is 2.76. The van der Waals surface area contributed by atoms with Crippen molar-refractivity contribution in [1.29, 1.82) is 0 Å². The Bertz CT molecular complexity index is 263. The second-order valence-corrected chi connectivity index (χ2v) is 5.26. The lowest BCUT2D eigenvalue weighted by Gasteiger charge is -2.34. The van der Waals surface area contributed by atoms with Gasteiger partial charge in [0.15, 0.2) is 0 Å². The summed E-state index contributed by atoms with van der Waals surface area (Å²) < 4.78 is 5.13. The molecule has 5 nitrogen and oxygen atoms in total. The lowest BCUT2D eigenvalue weighted by Crippen LogP contribution is -2.49. The van der Waals surface area contributed by atoms with Crippen LogP contribution in [-0.2, 0) is 9.53 Å². The number of carbonyl (C=O) groups is 1. The first-order chi connectivity index (χ1) is 8.79. The van der Waals surface area contributed by atoms with E-state index in [0.717, 1.165) is 39.1 Å². The Morgan fingerprint density at radius 2 is 2.28 bits per heavy atom. The molecule has 5 heteroatoms. The summed E-state index contributed by atoms with van der Waals surface area (Å²) in [6, 6.07) is 0.547. The fourth-order valence-electron chi connectivity index (χ4n) is 2.54. The Morgan fingerprint density at radius 3 is 2.83 bits per heavy atom. The van der Waals surface area contributed by atoms with E-state index in [2.05, 4.69) is 10.2 Å². The molecule has 0 saturated carbocycles. The molecule has 0 bridgehead atoms. The van der Waals surface area contributed by atoms with Gasteiger partial charge in [-0.1, -0.05) is 0 Å². The number of hydrogen-bond donors (Lipinski definition) is 1. The highest BCUT2D eigenvalue weighted by Crippen LogP contribution is 2.09. The molecule has 0 aromatic rings. The van der Waals surface area contributed by atoms with Gasteiger partial charge in [-0.2, -0.15) is 0 Å². The highest BCUT2D eigenvalue weighted by molar-refractivity contribution is 5.78. The molecule has 2 saturated heterocycles. The van der Waals surface area contributed by atoms with Gasteiger partial charge in [-0.05, 0) is 25.8 Å². The smallest absolute Gasteiger partial charge is 0.236 e. The van der Waals surface area contributed by atoms with Crippen molar-refractivity contribution in [3.63, 3.8) is 0 Å². The largest absolute Gasteiger partial charge is 0.383 e. The summed E-state index contributed by atoms with van der Waals surface area (Å²) in [7, 11) is 1.71. The molecule has 104 valence electrons. The molecule has 2 heterocycles. The third kappa shape index (κ3) is 3.93. The van der Waals surface area contributed by atoms with Crippen molar-refractivity contribution < 1.29 is 9.53 Å². The number of ether oxygens (including phenoxy) is 1. The van der Waals surface area contributed by atoms with E-state index in [1.54, 1.807) is 7.11 Å². The molecule has 2 fully saturated rings. The van der Waals surface area contributed by atoms with Gasteiger partial charge >= 0.3 is 0 Å². The van der Waals surface area contributed by atoms with Crippen LogP contribution in [0.3, 0.4) is 0 Å². The Balaban J connectivity index is 1.76. The molecule has 2 aliphatic heterocycles. The standard InChI is InChI=1S/C13H25N3O2/c1-18-9-8-15(10-12-4-2-5-14-12)11-13(17)16-6-3-7-16/h12,14H,2-11H2,1H3. The third-order valence-electron chi connectivity index (χ3n) is 3.82. The summed E-state index contributed by atoms with van der Waals surface area (Å²) in [5, 5.41) is 3.49. The Labute approximate surface area is 109 Å². The lowest BCUT2D eigenvalue weighted by atomic mass is 10.2. The highest BCUT2D eigenvalue weighted by Gasteiger charge is 2.24. The second-order valence-electron chi connectivity index (χ2n) is 5.26. The molecule has 0 aromatic carbocycles. The first-order valence-electron chi connectivity index (χ1n) is 7.02. The molecule has 1 N–H and O–H groups in total. The fourth-order valence-corrected chi connectivity index (χ4v) is 2.54. The number of hydrogen-bond acceptors (Lipinski definition) is 4. The first kappa shape index (κ1) is 13.8. The Morgan fingerprint density at radius 1 is 1.44 bits per heavy atom. The van der Waals surface area contributed by atoms with Crippen molar-refractivity contribution in [2.75, 3.05) is 53.0 Å². The molecule has 0 aromatic heterocycles. The normalized spacial score (nSPS) is 23.4. The number of rotatable bonds is 7. The topological polar surface area (TPSA) is 44.8 Å². The third-order valence-corrected chi connectivity index (χ3v) is 3.82. The van der Waals surface area contributed by atoms with Crippen molar-refractivity contribution >= 4 is 5.91 Å².